The molecule has 0 aromatic rings. The second-order valence-corrected chi connectivity index (χ2v) is 4.04. The normalized spacial score (nSPS) is 22.1. The van der Waals surface area contributed by atoms with Gasteiger partial charge < -0.3 is 15.4 Å². The van der Waals surface area contributed by atoms with Crippen molar-refractivity contribution in [3.8, 4) is 0 Å². The number of ether oxygens (including phenoxy) is 1. The van der Waals surface area contributed by atoms with Gasteiger partial charge >= 0.3 is 6.09 Å². The van der Waals surface area contributed by atoms with Crippen LogP contribution in [0.15, 0.2) is 0 Å². The lowest BCUT2D eigenvalue weighted by molar-refractivity contribution is 0.126. The summed E-state index contributed by atoms with van der Waals surface area (Å²) in [5, 5.41) is 6.02. The van der Waals surface area contributed by atoms with Crippen LogP contribution in [0.5, 0.6) is 0 Å². The highest BCUT2D eigenvalue weighted by molar-refractivity contribution is 5.67. The average molecular weight is 200 g/mol. The fraction of sp³-hybridized carbons (Fsp3) is 0.900. The van der Waals surface area contributed by atoms with Crippen LogP contribution in [0.1, 0.15) is 33.1 Å². The first kappa shape index (κ1) is 11.3. The molecule has 1 heterocycles. The Bertz CT molecular complexity index is 177. The molecule has 14 heavy (non-hydrogen) atoms. The fourth-order valence-corrected chi connectivity index (χ4v) is 1.52. The number of carbonyl (C=O) groups is 1. The van der Waals surface area contributed by atoms with Crippen LogP contribution in [0, 0.1) is 0 Å². The Hall–Kier alpha value is -0.770. The van der Waals surface area contributed by atoms with E-state index in [-0.39, 0.29) is 12.1 Å². The number of hydrogen-bond acceptors (Lipinski definition) is 3. The lowest BCUT2D eigenvalue weighted by atomic mass is 10.1. The van der Waals surface area contributed by atoms with E-state index in [0.29, 0.717) is 12.6 Å². The molecule has 82 valence electrons. The molecule has 1 atom stereocenters. The number of carbonyl (C=O) groups excluding carboxylic acids is 1. The van der Waals surface area contributed by atoms with Crippen LogP contribution in [-0.2, 0) is 4.74 Å². The van der Waals surface area contributed by atoms with Gasteiger partial charge in [0, 0.05) is 12.1 Å². The van der Waals surface area contributed by atoms with Gasteiger partial charge in [0.25, 0.3) is 0 Å². The lowest BCUT2D eigenvalue weighted by Gasteiger charge is -2.23. The van der Waals surface area contributed by atoms with Crippen LogP contribution in [0.4, 0.5) is 4.79 Å². The Morgan fingerprint density at radius 3 is 2.93 bits per heavy atom. The zero-order chi connectivity index (χ0) is 10.4. The molecule has 1 fully saturated rings. The maximum absolute atomic E-state index is 11.1. The van der Waals surface area contributed by atoms with Crippen molar-refractivity contribution in [2.75, 3.05) is 13.2 Å². The first-order valence-corrected chi connectivity index (χ1v) is 5.35. The molecule has 4 nitrogen and oxygen atoms in total. The van der Waals surface area contributed by atoms with E-state index in [4.69, 9.17) is 4.74 Å². The van der Waals surface area contributed by atoms with Gasteiger partial charge in [0.05, 0.1) is 0 Å². The van der Waals surface area contributed by atoms with Gasteiger partial charge in [-0.2, -0.15) is 0 Å². The van der Waals surface area contributed by atoms with Crippen molar-refractivity contribution >= 4 is 6.09 Å². The summed E-state index contributed by atoms with van der Waals surface area (Å²) < 4.78 is 5.08. The molecule has 4 heteroatoms. The van der Waals surface area contributed by atoms with Crippen LogP contribution in [0.3, 0.4) is 0 Å². The second kappa shape index (κ2) is 5.86. The summed E-state index contributed by atoms with van der Waals surface area (Å²) in [6, 6.07) is 0.489. The average Bonchev–Trinajstić information content (AvgIpc) is 2.15. The Labute approximate surface area is 85.4 Å². The monoisotopic (exact) mass is 200 g/mol. The molecular weight excluding hydrogens is 180 g/mol. The van der Waals surface area contributed by atoms with Crippen LogP contribution in [0.2, 0.25) is 0 Å². The number of nitrogens with one attached hydrogen (secondary N) is 2. The highest BCUT2D eigenvalue weighted by Gasteiger charge is 2.14. The van der Waals surface area contributed by atoms with E-state index in [1.165, 1.54) is 12.8 Å². The standard InChI is InChI=1S/C10H20N2O2/c1-8(2)12-10(13)14-7-9-5-3-4-6-11-9/h8-9,11H,3-7H2,1-2H3,(H,12,13)/t9-/m0/s1. The molecule has 1 saturated heterocycles. The summed E-state index contributed by atoms with van der Waals surface area (Å²) in [5.41, 5.74) is 0. The summed E-state index contributed by atoms with van der Waals surface area (Å²) in [4.78, 5) is 11.1. The summed E-state index contributed by atoms with van der Waals surface area (Å²) in [5.74, 6) is 0. The third-order valence-electron chi connectivity index (χ3n) is 2.23. The third-order valence-corrected chi connectivity index (χ3v) is 2.23. The van der Waals surface area contributed by atoms with Crippen LogP contribution >= 0.6 is 0 Å². The lowest BCUT2D eigenvalue weighted by Crippen LogP contribution is -2.40. The Balaban J connectivity index is 2.09. The fourth-order valence-electron chi connectivity index (χ4n) is 1.52. The largest absolute Gasteiger partial charge is 0.448 e. The predicted octanol–water partition coefficient (Wildman–Crippen LogP) is 1.26. The topological polar surface area (TPSA) is 50.4 Å². The molecule has 0 unspecified atom stereocenters. The van der Waals surface area contributed by atoms with E-state index < -0.39 is 0 Å². The third kappa shape index (κ3) is 4.46. The van der Waals surface area contributed by atoms with Gasteiger partial charge in [0.2, 0.25) is 0 Å². The molecule has 0 aliphatic carbocycles. The number of rotatable bonds is 3. The second-order valence-electron chi connectivity index (χ2n) is 4.04. The van der Waals surface area contributed by atoms with E-state index in [1.54, 1.807) is 0 Å². The van der Waals surface area contributed by atoms with Crippen molar-refractivity contribution < 1.29 is 9.53 Å². The summed E-state index contributed by atoms with van der Waals surface area (Å²) >= 11 is 0. The van der Waals surface area contributed by atoms with Crippen molar-refractivity contribution in [1.29, 1.82) is 0 Å². The molecule has 0 spiro atoms. The van der Waals surface area contributed by atoms with Gasteiger partial charge in [-0.3, -0.25) is 0 Å². The van der Waals surface area contributed by atoms with Crippen molar-refractivity contribution in [1.82, 2.24) is 10.6 Å². The molecule has 0 bridgehead atoms. The van der Waals surface area contributed by atoms with E-state index in [1.807, 2.05) is 13.8 Å². The highest BCUT2D eigenvalue weighted by atomic mass is 16.5. The van der Waals surface area contributed by atoms with Gasteiger partial charge in [-0.15, -0.1) is 0 Å². The van der Waals surface area contributed by atoms with Crippen molar-refractivity contribution in [2.24, 2.45) is 0 Å². The number of alkyl carbamates (subject to hydrolysis) is 1. The van der Waals surface area contributed by atoms with E-state index in [2.05, 4.69) is 10.6 Å². The maximum atomic E-state index is 11.1. The van der Waals surface area contributed by atoms with E-state index in [0.717, 1.165) is 13.0 Å². The first-order chi connectivity index (χ1) is 6.68. The smallest absolute Gasteiger partial charge is 0.407 e. The summed E-state index contributed by atoms with van der Waals surface area (Å²) in [6.45, 7) is 5.36. The molecule has 0 aromatic carbocycles. The van der Waals surface area contributed by atoms with Crippen LogP contribution in [-0.4, -0.2) is 31.3 Å². The highest BCUT2D eigenvalue weighted by Crippen LogP contribution is 2.06. The first-order valence-electron chi connectivity index (χ1n) is 5.35. The minimum atomic E-state index is -0.313. The van der Waals surface area contributed by atoms with E-state index in [9.17, 15) is 4.79 Å². The SMILES string of the molecule is CC(C)NC(=O)OC[C@@H]1CCCCN1. The summed E-state index contributed by atoms with van der Waals surface area (Å²) in [7, 11) is 0. The van der Waals surface area contributed by atoms with Crippen molar-refractivity contribution in [2.45, 2.75) is 45.2 Å². The Morgan fingerprint density at radius 2 is 2.36 bits per heavy atom. The number of amides is 1. The Kier molecular flexibility index (Phi) is 4.73. The molecule has 1 aliphatic rings. The molecular formula is C10H20N2O2. The minimum Gasteiger partial charge on any atom is -0.448 e. The predicted molar refractivity (Wildman–Crippen MR) is 55.3 cm³/mol. The van der Waals surface area contributed by atoms with Gasteiger partial charge in [0.15, 0.2) is 0 Å². The zero-order valence-corrected chi connectivity index (χ0v) is 9.01. The molecule has 0 radical (unpaired) electrons. The number of piperidine rings is 1. The van der Waals surface area contributed by atoms with Crippen LogP contribution in [0.25, 0.3) is 0 Å². The maximum Gasteiger partial charge on any atom is 0.407 e. The van der Waals surface area contributed by atoms with Gasteiger partial charge in [-0.25, -0.2) is 4.79 Å². The quantitative estimate of drug-likeness (QED) is 0.721. The molecule has 1 amide bonds. The minimum absolute atomic E-state index is 0.141. The van der Waals surface area contributed by atoms with Gasteiger partial charge in [0.1, 0.15) is 6.61 Å². The molecule has 0 aromatic heterocycles. The zero-order valence-electron chi connectivity index (χ0n) is 9.01. The molecule has 0 saturated carbocycles. The van der Waals surface area contributed by atoms with Gasteiger partial charge in [-0.05, 0) is 33.2 Å². The van der Waals surface area contributed by atoms with Gasteiger partial charge in [-0.1, -0.05) is 6.42 Å². The molecule has 1 rings (SSSR count). The molecule has 2 N–H and O–H groups in total. The number of hydrogen-bond donors (Lipinski definition) is 2. The molecule has 1 aliphatic heterocycles. The summed E-state index contributed by atoms with van der Waals surface area (Å²) in [6.07, 6.45) is 3.25. The van der Waals surface area contributed by atoms with Crippen LogP contribution < -0.4 is 10.6 Å². The Morgan fingerprint density at radius 1 is 1.57 bits per heavy atom. The van der Waals surface area contributed by atoms with Crippen molar-refractivity contribution in [3.05, 3.63) is 0 Å². The van der Waals surface area contributed by atoms with E-state index >= 15 is 0 Å². The van der Waals surface area contributed by atoms with Crippen molar-refractivity contribution in [3.63, 3.8) is 0 Å².